The van der Waals surface area contributed by atoms with E-state index in [0.717, 1.165) is 12.4 Å². The average molecular weight is 294 g/mol. The van der Waals surface area contributed by atoms with Gasteiger partial charge in [0, 0.05) is 24.1 Å². The van der Waals surface area contributed by atoms with Crippen LogP contribution in [0.4, 0.5) is 10.2 Å². The van der Waals surface area contributed by atoms with Crippen LogP contribution in [0, 0.1) is 5.82 Å². The van der Waals surface area contributed by atoms with Crippen LogP contribution in [0.3, 0.4) is 0 Å². The summed E-state index contributed by atoms with van der Waals surface area (Å²) in [6, 6.07) is 6.05. The van der Waals surface area contributed by atoms with Gasteiger partial charge in [0.25, 0.3) is 0 Å². The van der Waals surface area contributed by atoms with E-state index in [9.17, 15) is 4.39 Å². The molecule has 1 aromatic carbocycles. The van der Waals surface area contributed by atoms with E-state index in [1.165, 1.54) is 18.2 Å². The highest BCUT2D eigenvalue weighted by atomic mass is 35.5. The zero-order valence-electron chi connectivity index (χ0n) is 11.7. The fraction of sp³-hybridized carbons (Fsp3) is 0.333. The lowest BCUT2D eigenvalue weighted by molar-refractivity contribution is 0.628. The summed E-state index contributed by atoms with van der Waals surface area (Å²) in [5.74, 6) is 1.28. The number of hydrogen-bond donors (Lipinski definition) is 1. The maximum atomic E-state index is 13.4. The van der Waals surface area contributed by atoms with Crippen LogP contribution in [0.25, 0.3) is 11.3 Å². The summed E-state index contributed by atoms with van der Waals surface area (Å²) in [4.78, 5) is 8.93. The molecule has 0 bridgehead atoms. The second kappa shape index (κ2) is 6.18. The van der Waals surface area contributed by atoms with Crippen molar-refractivity contribution in [1.29, 1.82) is 0 Å². The predicted molar refractivity (Wildman–Crippen MR) is 80.7 cm³/mol. The van der Waals surface area contributed by atoms with Gasteiger partial charge in [-0.15, -0.1) is 0 Å². The molecular weight excluding hydrogens is 277 g/mol. The Morgan fingerprint density at radius 1 is 1.25 bits per heavy atom. The fourth-order valence-corrected chi connectivity index (χ4v) is 2.04. The van der Waals surface area contributed by atoms with Crippen LogP contribution in [0.15, 0.2) is 24.3 Å². The van der Waals surface area contributed by atoms with Gasteiger partial charge in [-0.1, -0.05) is 25.4 Å². The van der Waals surface area contributed by atoms with Crippen LogP contribution < -0.4 is 5.32 Å². The van der Waals surface area contributed by atoms with Gasteiger partial charge in [0.1, 0.15) is 17.5 Å². The fourth-order valence-electron chi connectivity index (χ4n) is 1.83. The molecule has 0 aliphatic carbocycles. The van der Waals surface area contributed by atoms with Crippen molar-refractivity contribution in [1.82, 2.24) is 9.97 Å². The van der Waals surface area contributed by atoms with E-state index >= 15 is 0 Å². The molecule has 0 radical (unpaired) electrons. The third-order valence-corrected chi connectivity index (χ3v) is 3.15. The highest BCUT2D eigenvalue weighted by Gasteiger charge is 2.12. The van der Waals surface area contributed by atoms with Crippen LogP contribution in [0.1, 0.15) is 32.5 Å². The van der Waals surface area contributed by atoms with Gasteiger partial charge in [0.05, 0.1) is 10.7 Å². The van der Waals surface area contributed by atoms with Crippen molar-refractivity contribution in [2.24, 2.45) is 0 Å². The minimum Gasteiger partial charge on any atom is -0.370 e. The lowest BCUT2D eigenvalue weighted by Crippen LogP contribution is -2.06. The molecule has 0 saturated heterocycles. The number of anilines is 1. The number of benzene rings is 1. The first kappa shape index (κ1) is 14.7. The Morgan fingerprint density at radius 3 is 2.65 bits per heavy atom. The molecule has 0 amide bonds. The van der Waals surface area contributed by atoms with Crippen LogP contribution >= 0.6 is 11.6 Å². The first-order valence-corrected chi connectivity index (χ1v) is 6.97. The lowest BCUT2D eigenvalue weighted by Gasteiger charge is -2.12. The second-order valence-electron chi connectivity index (χ2n) is 4.81. The normalized spacial score (nSPS) is 10.9. The minimum absolute atomic E-state index is 0.180. The van der Waals surface area contributed by atoms with E-state index in [1.54, 1.807) is 6.07 Å². The lowest BCUT2D eigenvalue weighted by atomic mass is 10.1. The van der Waals surface area contributed by atoms with Gasteiger partial charge in [-0.25, -0.2) is 14.4 Å². The molecule has 2 aromatic rings. The molecule has 2 rings (SSSR count). The smallest absolute Gasteiger partial charge is 0.133 e. The van der Waals surface area contributed by atoms with E-state index in [-0.39, 0.29) is 11.7 Å². The summed E-state index contributed by atoms with van der Waals surface area (Å²) >= 11 is 6.14. The zero-order valence-corrected chi connectivity index (χ0v) is 12.5. The standard InChI is InChI=1S/C15H17ClFN3/c1-4-18-14-8-13(19-15(20-14)9(2)3)11-7-10(17)5-6-12(11)16/h5-9H,4H2,1-3H3,(H,18,19,20). The summed E-state index contributed by atoms with van der Waals surface area (Å²) < 4.78 is 13.4. The van der Waals surface area contributed by atoms with Crippen LogP contribution in [0.2, 0.25) is 5.02 Å². The third-order valence-electron chi connectivity index (χ3n) is 2.82. The molecule has 0 unspecified atom stereocenters. The van der Waals surface area contributed by atoms with Gasteiger partial charge < -0.3 is 5.32 Å². The third kappa shape index (κ3) is 3.25. The number of rotatable bonds is 4. The van der Waals surface area contributed by atoms with Crippen molar-refractivity contribution in [3.05, 3.63) is 40.9 Å². The van der Waals surface area contributed by atoms with E-state index in [4.69, 9.17) is 11.6 Å². The molecular formula is C15H17ClFN3. The Hall–Kier alpha value is -1.68. The maximum absolute atomic E-state index is 13.4. The second-order valence-corrected chi connectivity index (χ2v) is 5.21. The number of hydrogen-bond acceptors (Lipinski definition) is 3. The number of nitrogens with one attached hydrogen (secondary N) is 1. The Kier molecular flexibility index (Phi) is 4.55. The quantitative estimate of drug-likeness (QED) is 0.902. The molecule has 0 spiro atoms. The van der Waals surface area contributed by atoms with Crippen molar-refractivity contribution in [2.45, 2.75) is 26.7 Å². The Labute approximate surface area is 123 Å². The molecule has 3 nitrogen and oxygen atoms in total. The summed E-state index contributed by atoms with van der Waals surface area (Å²) in [5.41, 5.74) is 1.21. The molecule has 0 aliphatic rings. The zero-order chi connectivity index (χ0) is 14.7. The number of halogens is 2. The molecule has 5 heteroatoms. The monoisotopic (exact) mass is 293 g/mol. The molecule has 1 N–H and O–H groups in total. The number of aromatic nitrogens is 2. The highest BCUT2D eigenvalue weighted by Crippen LogP contribution is 2.29. The topological polar surface area (TPSA) is 37.8 Å². The SMILES string of the molecule is CCNc1cc(-c2cc(F)ccc2Cl)nc(C(C)C)n1. The van der Waals surface area contributed by atoms with Gasteiger partial charge in [-0.3, -0.25) is 0 Å². The number of nitrogens with zero attached hydrogens (tertiary/aromatic N) is 2. The molecule has 20 heavy (non-hydrogen) atoms. The van der Waals surface area contributed by atoms with E-state index < -0.39 is 0 Å². The Balaban J connectivity index is 2.57. The molecule has 0 fully saturated rings. The van der Waals surface area contributed by atoms with Gasteiger partial charge in [-0.05, 0) is 25.1 Å². The predicted octanol–water partition coefficient (Wildman–Crippen LogP) is 4.49. The van der Waals surface area contributed by atoms with E-state index in [2.05, 4.69) is 15.3 Å². The van der Waals surface area contributed by atoms with Crippen LogP contribution in [-0.4, -0.2) is 16.5 Å². The molecule has 0 aliphatic heterocycles. The largest absolute Gasteiger partial charge is 0.370 e. The van der Waals surface area contributed by atoms with Gasteiger partial charge >= 0.3 is 0 Å². The van der Waals surface area contributed by atoms with Crippen molar-refractivity contribution in [3.63, 3.8) is 0 Å². The summed E-state index contributed by atoms with van der Waals surface area (Å²) in [6.07, 6.45) is 0. The van der Waals surface area contributed by atoms with Crippen LogP contribution in [-0.2, 0) is 0 Å². The summed E-state index contributed by atoms with van der Waals surface area (Å²) in [7, 11) is 0. The van der Waals surface area contributed by atoms with Crippen LogP contribution in [0.5, 0.6) is 0 Å². The van der Waals surface area contributed by atoms with Crippen molar-refractivity contribution >= 4 is 17.4 Å². The van der Waals surface area contributed by atoms with Gasteiger partial charge in [0.15, 0.2) is 0 Å². The minimum atomic E-state index is -0.334. The van der Waals surface area contributed by atoms with E-state index in [1.807, 2.05) is 20.8 Å². The van der Waals surface area contributed by atoms with E-state index in [0.29, 0.717) is 22.1 Å². The van der Waals surface area contributed by atoms with Crippen molar-refractivity contribution in [2.75, 3.05) is 11.9 Å². The van der Waals surface area contributed by atoms with Gasteiger partial charge in [-0.2, -0.15) is 0 Å². The maximum Gasteiger partial charge on any atom is 0.133 e. The highest BCUT2D eigenvalue weighted by molar-refractivity contribution is 6.33. The first-order chi connectivity index (χ1) is 9.51. The van der Waals surface area contributed by atoms with Gasteiger partial charge in [0.2, 0.25) is 0 Å². The summed E-state index contributed by atoms with van der Waals surface area (Å²) in [6.45, 7) is 6.78. The molecule has 1 heterocycles. The molecule has 0 saturated carbocycles. The van der Waals surface area contributed by atoms with Crippen molar-refractivity contribution < 1.29 is 4.39 Å². The average Bonchev–Trinajstić information content (AvgIpc) is 2.41. The molecule has 0 atom stereocenters. The molecule has 1 aromatic heterocycles. The van der Waals surface area contributed by atoms with Crippen molar-refractivity contribution in [3.8, 4) is 11.3 Å². The first-order valence-electron chi connectivity index (χ1n) is 6.59. The summed E-state index contributed by atoms with van der Waals surface area (Å²) in [5, 5.41) is 3.63. The Bertz CT molecular complexity index is 614. The molecule has 106 valence electrons. The Morgan fingerprint density at radius 2 is 2.00 bits per heavy atom.